The molecular formula is C19H19N3O3. The molecule has 1 aromatic heterocycles. The fourth-order valence-corrected chi connectivity index (χ4v) is 2.69. The molecule has 0 bridgehead atoms. The van der Waals surface area contributed by atoms with Gasteiger partial charge in [-0.2, -0.15) is 5.10 Å². The van der Waals surface area contributed by atoms with E-state index in [2.05, 4.69) is 5.10 Å². The van der Waals surface area contributed by atoms with Crippen LogP contribution in [0.4, 0.5) is 0 Å². The minimum absolute atomic E-state index is 0.135. The standard InChI is InChI=1S/C19H19N3O3/c1-21(11-12-23)19(25)17-15-9-5-6-10-16(15)18(24)22(20-17)13-14-7-3-2-4-8-14/h2-10,23H,11-13H2,1H3. The molecule has 128 valence electrons. The van der Waals surface area contributed by atoms with Crippen LogP contribution in [-0.4, -0.2) is 45.9 Å². The predicted molar refractivity (Wildman–Crippen MR) is 95.6 cm³/mol. The molecule has 3 aromatic rings. The smallest absolute Gasteiger partial charge is 0.274 e. The van der Waals surface area contributed by atoms with Crippen molar-refractivity contribution < 1.29 is 9.90 Å². The number of likely N-dealkylation sites (N-methyl/N-ethyl adjacent to an activating group) is 1. The van der Waals surface area contributed by atoms with Crippen LogP contribution < -0.4 is 5.56 Å². The van der Waals surface area contributed by atoms with E-state index in [-0.39, 0.29) is 36.9 Å². The van der Waals surface area contributed by atoms with Gasteiger partial charge in [0.15, 0.2) is 5.69 Å². The van der Waals surface area contributed by atoms with E-state index in [9.17, 15) is 9.59 Å². The first-order valence-electron chi connectivity index (χ1n) is 8.02. The number of rotatable bonds is 5. The largest absolute Gasteiger partial charge is 0.395 e. The van der Waals surface area contributed by atoms with E-state index >= 15 is 0 Å². The molecule has 0 saturated carbocycles. The fourth-order valence-electron chi connectivity index (χ4n) is 2.69. The van der Waals surface area contributed by atoms with Gasteiger partial charge in [0.2, 0.25) is 0 Å². The summed E-state index contributed by atoms with van der Waals surface area (Å²) in [4.78, 5) is 26.8. The van der Waals surface area contributed by atoms with Gasteiger partial charge in [-0.3, -0.25) is 9.59 Å². The summed E-state index contributed by atoms with van der Waals surface area (Å²) in [5.74, 6) is -0.327. The zero-order valence-electron chi connectivity index (χ0n) is 13.9. The van der Waals surface area contributed by atoms with E-state index in [1.165, 1.54) is 9.58 Å². The maximum absolute atomic E-state index is 12.7. The number of carbonyl (C=O) groups excluding carboxylic acids is 1. The number of carbonyl (C=O) groups is 1. The number of benzene rings is 2. The zero-order chi connectivity index (χ0) is 17.8. The molecule has 0 atom stereocenters. The molecule has 0 unspecified atom stereocenters. The molecule has 1 N–H and O–H groups in total. The van der Waals surface area contributed by atoms with E-state index in [1.807, 2.05) is 30.3 Å². The van der Waals surface area contributed by atoms with Crippen LogP contribution >= 0.6 is 0 Å². The van der Waals surface area contributed by atoms with Gasteiger partial charge < -0.3 is 10.0 Å². The quantitative estimate of drug-likeness (QED) is 0.766. The van der Waals surface area contributed by atoms with Crippen LogP contribution in [0.3, 0.4) is 0 Å². The Morgan fingerprint density at radius 1 is 1.08 bits per heavy atom. The second-order valence-corrected chi connectivity index (χ2v) is 5.79. The maximum atomic E-state index is 12.7. The van der Waals surface area contributed by atoms with Crippen LogP contribution in [0.25, 0.3) is 10.8 Å². The van der Waals surface area contributed by atoms with Gasteiger partial charge in [0.1, 0.15) is 0 Å². The van der Waals surface area contributed by atoms with E-state index in [1.54, 1.807) is 31.3 Å². The van der Waals surface area contributed by atoms with E-state index in [0.717, 1.165) is 5.56 Å². The van der Waals surface area contributed by atoms with E-state index in [0.29, 0.717) is 10.8 Å². The SMILES string of the molecule is CN(CCO)C(=O)c1nn(Cc2ccccc2)c(=O)c2ccccc12. The van der Waals surface area contributed by atoms with Crippen molar-refractivity contribution in [1.82, 2.24) is 14.7 Å². The summed E-state index contributed by atoms with van der Waals surface area (Å²) >= 11 is 0. The molecular weight excluding hydrogens is 318 g/mol. The molecule has 0 radical (unpaired) electrons. The van der Waals surface area contributed by atoms with Crippen molar-refractivity contribution in [3.63, 3.8) is 0 Å². The Morgan fingerprint density at radius 3 is 2.40 bits per heavy atom. The highest BCUT2D eigenvalue weighted by atomic mass is 16.3. The van der Waals surface area contributed by atoms with Crippen LogP contribution in [0.2, 0.25) is 0 Å². The van der Waals surface area contributed by atoms with Crippen molar-refractivity contribution in [2.75, 3.05) is 20.2 Å². The van der Waals surface area contributed by atoms with Crippen LogP contribution in [0.5, 0.6) is 0 Å². The van der Waals surface area contributed by atoms with E-state index < -0.39 is 0 Å². The number of aliphatic hydroxyl groups is 1. The highest BCUT2D eigenvalue weighted by Gasteiger charge is 2.19. The zero-order valence-corrected chi connectivity index (χ0v) is 13.9. The molecule has 6 heteroatoms. The van der Waals surface area contributed by atoms with Gasteiger partial charge in [-0.25, -0.2) is 4.68 Å². The molecule has 25 heavy (non-hydrogen) atoms. The Hall–Kier alpha value is -2.99. The monoisotopic (exact) mass is 337 g/mol. The van der Waals surface area contributed by atoms with Crippen LogP contribution in [0.15, 0.2) is 59.4 Å². The summed E-state index contributed by atoms with van der Waals surface area (Å²) in [6.45, 7) is 0.352. The molecule has 0 saturated heterocycles. The number of nitrogens with zero attached hydrogens (tertiary/aromatic N) is 3. The van der Waals surface area contributed by atoms with Gasteiger partial charge in [0.05, 0.1) is 18.5 Å². The van der Waals surface area contributed by atoms with Gasteiger partial charge >= 0.3 is 0 Å². The Bertz CT molecular complexity index is 951. The summed E-state index contributed by atoms with van der Waals surface area (Å²) in [5.41, 5.74) is 0.900. The van der Waals surface area contributed by atoms with E-state index in [4.69, 9.17) is 5.11 Å². The Kier molecular flexibility index (Phi) is 4.90. The molecule has 1 amide bonds. The van der Waals surface area contributed by atoms with Crippen molar-refractivity contribution in [3.05, 3.63) is 76.2 Å². The van der Waals surface area contributed by atoms with Crippen molar-refractivity contribution in [3.8, 4) is 0 Å². The number of hydrogen-bond acceptors (Lipinski definition) is 4. The fraction of sp³-hybridized carbons (Fsp3) is 0.211. The molecule has 6 nitrogen and oxygen atoms in total. The van der Waals surface area contributed by atoms with Crippen molar-refractivity contribution in [2.24, 2.45) is 0 Å². The third-order valence-corrected chi connectivity index (χ3v) is 4.03. The summed E-state index contributed by atoms with van der Waals surface area (Å²) in [5, 5.41) is 14.4. The van der Waals surface area contributed by atoms with Crippen LogP contribution in [-0.2, 0) is 6.54 Å². The Balaban J connectivity index is 2.14. The lowest BCUT2D eigenvalue weighted by Crippen LogP contribution is -2.33. The normalized spacial score (nSPS) is 10.8. The lowest BCUT2D eigenvalue weighted by atomic mass is 10.1. The summed E-state index contributed by atoms with van der Waals surface area (Å²) in [6.07, 6.45) is 0. The molecule has 2 aromatic carbocycles. The van der Waals surface area contributed by atoms with Crippen LogP contribution in [0, 0.1) is 0 Å². The Morgan fingerprint density at radius 2 is 1.72 bits per heavy atom. The average molecular weight is 337 g/mol. The third-order valence-electron chi connectivity index (χ3n) is 4.03. The summed E-state index contributed by atoms with van der Waals surface area (Å²) < 4.78 is 1.32. The second kappa shape index (κ2) is 7.27. The number of aromatic nitrogens is 2. The molecule has 0 fully saturated rings. The molecule has 0 spiro atoms. The number of fused-ring (bicyclic) bond motifs is 1. The summed E-state index contributed by atoms with van der Waals surface area (Å²) in [6, 6.07) is 16.5. The number of hydrogen-bond donors (Lipinski definition) is 1. The first kappa shape index (κ1) is 16.9. The molecule has 3 rings (SSSR count). The van der Waals surface area contributed by atoms with Gasteiger partial charge in [0, 0.05) is 19.0 Å². The highest BCUT2D eigenvalue weighted by Crippen LogP contribution is 2.15. The van der Waals surface area contributed by atoms with Crippen molar-refractivity contribution >= 4 is 16.7 Å². The number of amides is 1. The third kappa shape index (κ3) is 3.44. The van der Waals surface area contributed by atoms with Crippen molar-refractivity contribution in [1.29, 1.82) is 0 Å². The summed E-state index contributed by atoms with van der Waals surface area (Å²) in [7, 11) is 1.60. The minimum Gasteiger partial charge on any atom is -0.395 e. The second-order valence-electron chi connectivity index (χ2n) is 5.79. The van der Waals surface area contributed by atoms with Gasteiger partial charge in [-0.1, -0.05) is 48.5 Å². The van der Waals surface area contributed by atoms with Gasteiger partial charge in [0.25, 0.3) is 11.5 Å². The first-order chi connectivity index (χ1) is 12.1. The van der Waals surface area contributed by atoms with Crippen molar-refractivity contribution in [2.45, 2.75) is 6.54 Å². The lowest BCUT2D eigenvalue weighted by Gasteiger charge is -2.17. The Labute approximate surface area is 144 Å². The van der Waals surface area contributed by atoms with Gasteiger partial charge in [-0.15, -0.1) is 0 Å². The molecule has 0 aliphatic heterocycles. The molecule has 1 heterocycles. The molecule has 0 aliphatic carbocycles. The maximum Gasteiger partial charge on any atom is 0.274 e. The number of aliphatic hydroxyl groups excluding tert-OH is 1. The average Bonchev–Trinajstić information content (AvgIpc) is 2.64. The van der Waals surface area contributed by atoms with Gasteiger partial charge in [-0.05, 0) is 11.6 Å². The predicted octanol–water partition coefficient (Wildman–Crippen LogP) is 1.51. The van der Waals surface area contributed by atoms with Crippen LogP contribution in [0.1, 0.15) is 16.1 Å². The topological polar surface area (TPSA) is 75.4 Å². The first-order valence-corrected chi connectivity index (χ1v) is 8.02. The minimum atomic E-state index is -0.327. The lowest BCUT2D eigenvalue weighted by molar-refractivity contribution is 0.0761. The highest BCUT2D eigenvalue weighted by molar-refractivity contribution is 6.04. The molecule has 0 aliphatic rings.